The molecule has 9 nitrogen and oxygen atoms in total. The summed E-state index contributed by atoms with van der Waals surface area (Å²) < 4.78 is 25.5. The number of hydrogen-bond acceptors (Lipinski definition) is 7. The van der Waals surface area contributed by atoms with Gasteiger partial charge in [0.1, 0.15) is 11.1 Å². The standard InChI is InChI=1S/C20H18FN5O4/c1-20(2,28)19-22-8-13(30-19)18(27)26-7-6-11-15(24-9-23-11)16(26)17-25-14-10(21)4-3-5-12(14)29-17/h3-5,8-9,16,28H,6-7H2,1-2H3,(H,23,24)/t16-/m0/s1. The van der Waals surface area contributed by atoms with Gasteiger partial charge in [-0.25, -0.2) is 19.3 Å². The first-order chi connectivity index (χ1) is 14.3. The van der Waals surface area contributed by atoms with Gasteiger partial charge in [-0.1, -0.05) is 6.07 Å². The molecule has 4 heterocycles. The van der Waals surface area contributed by atoms with Gasteiger partial charge in [0.25, 0.3) is 5.91 Å². The number of oxazole rings is 2. The lowest BCUT2D eigenvalue weighted by Crippen LogP contribution is -2.40. The molecule has 0 fully saturated rings. The number of halogens is 1. The lowest BCUT2D eigenvalue weighted by atomic mass is 10.0. The molecule has 4 aromatic rings. The molecule has 1 aliphatic heterocycles. The van der Waals surface area contributed by atoms with Gasteiger partial charge in [0.05, 0.1) is 18.2 Å². The molecule has 1 amide bonds. The van der Waals surface area contributed by atoms with Crippen LogP contribution in [0.4, 0.5) is 4.39 Å². The average molecular weight is 411 g/mol. The number of nitrogens with zero attached hydrogens (tertiary/aromatic N) is 4. The molecule has 0 saturated heterocycles. The Bertz CT molecular complexity index is 1250. The number of benzene rings is 1. The van der Waals surface area contributed by atoms with Crippen LogP contribution in [0, 0.1) is 5.82 Å². The number of hydrogen-bond donors (Lipinski definition) is 2. The molecule has 30 heavy (non-hydrogen) atoms. The lowest BCUT2D eigenvalue weighted by Gasteiger charge is -2.32. The minimum atomic E-state index is -1.33. The van der Waals surface area contributed by atoms with Crippen molar-refractivity contribution in [3.05, 3.63) is 65.5 Å². The van der Waals surface area contributed by atoms with Crippen LogP contribution in [-0.4, -0.2) is 42.4 Å². The molecular formula is C20H18FN5O4. The molecule has 1 aliphatic rings. The molecule has 0 radical (unpaired) electrons. The summed E-state index contributed by atoms with van der Waals surface area (Å²) >= 11 is 0. The third-order valence-corrected chi connectivity index (χ3v) is 5.05. The van der Waals surface area contributed by atoms with E-state index in [1.165, 1.54) is 43.4 Å². The monoisotopic (exact) mass is 411 g/mol. The van der Waals surface area contributed by atoms with Crippen molar-refractivity contribution in [2.24, 2.45) is 0 Å². The summed E-state index contributed by atoms with van der Waals surface area (Å²) in [6.45, 7) is 3.36. The number of carbonyl (C=O) groups excluding carboxylic acids is 1. The highest BCUT2D eigenvalue weighted by molar-refractivity contribution is 5.92. The van der Waals surface area contributed by atoms with Crippen molar-refractivity contribution >= 4 is 17.0 Å². The number of H-pyrrole nitrogens is 1. The van der Waals surface area contributed by atoms with Gasteiger partial charge in [-0.2, -0.15) is 0 Å². The van der Waals surface area contributed by atoms with Crippen molar-refractivity contribution in [3.63, 3.8) is 0 Å². The number of carbonyl (C=O) groups is 1. The normalized spacial score (nSPS) is 16.8. The molecule has 5 rings (SSSR count). The van der Waals surface area contributed by atoms with E-state index in [0.29, 0.717) is 18.7 Å². The van der Waals surface area contributed by atoms with Crippen LogP contribution in [0.3, 0.4) is 0 Å². The number of aromatic nitrogens is 4. The molecular weight excluding hydrogens is 393 g/mol. The second-order valence-corrected chi connectivity index (χ2v) is 7.64. The summed E-state index contributed by atoms with van der Waals surface area (Å²) in [5.74, 6) is -0.816. The third kappa shape index (κ3) is 2.88. The van der Waals surface area contributed by atoms with Crippen molar-refractivity contribution in [3.8, 4) is 0 Å². The summed E-state index contributed by atoms with van der Waals surface area (Å²) in [6.07, 6.45) is 3.35. The topological polar surface area (TPSA) is 121 Å². The van der Waals surface area contributed by atoms with Crippen LogP contribution in [0.15, 0.2) is 39.6 Å². The Morgan fingerprint density at radius 3 is 2.90 bits per heavy atom. The summed E-state index contributed by atoms with van der Waals surface area (Å²) in [7, 11) is 0. The molecule has 10 heteroatoms. The predicted molar refractivity (Wildman–Crippen MR) is 101 cm³/mol. The molecule has 1 aromatic carbocycles. The van der Waals surface area contributed by atoms with E-state index in [4.69, 9.17) is 8.83 Å². The first kappa shape index (κ1) is 18.5. The van der Waals surface area contributed by atoms with Crippen molar-refractivity contribution < 1.29 is 23.1 Å². The molecule has 0 saturated carbocycles. The lowest BCUT2D eigenvalue weighted by molar-refractivity contribution is 0.0436. The van der Waals surface area contributed by atoms with Crippen molar-refractivity contribution in [2.75, 3.05) is 6.54 Å². The van der Waals surface area contributed by atoms with E-state index in [0.717, 1.165) is 5.69 Å². The highest BCUT2D eigenvalue weighted by Crippen LogP contribution is 2.36. The van der Waals surface area contributed by atoms with Gasteiger partial charge in [-0.15, -0.1) is 0 Å². The van der Waals surface area contributed by atoms with Gasteiger partial charge in [0.15, 0.2) is 17.4 Å². The van der Waals surface area contributed by atoms with E-state index in [-0.39, 0.29) is 28.6 Å². The van der Waals surface area contributed by atoms with E-state index < -0.39 is 23.4 Å². The van der Waals surface area contributed by atoms with Crippen LogP contribution in [0.5, 0.6) is 0 Å². The van der Waals surface area contributed by atoms with Crippen LogP contribution in [0.25, 0.3) is 11.1 Å². The van der Waals surface area contributed by atoms with Crippen molar-refractivity contribution in [1.82, 2.24) is 24.8 Å². The molecule has 0 aliphatic carbocycles. The highest BCUT2D eigenvalue weighted by atomic mass is 19.1. The maximum Gasteiger partial charge on any atom is 0.292 e. The van der Waals surface area contributed by atoms with Crippen LogP contribution in [-0.2, 0) is 12.0 Å². The van der Waals surface area contributed by atoms with Crippen LogP contribution in [0.1, 0.15) is 53.6 Å². The molecule has 3 aromatic heterocycles. The van der Waals surface area contributed by atoms with E-state index in [1.807, 2.05) is 0 Å². The van der Waals surface area contributed by atoms with Gasteiger partial charge in [0.2, 0.25) is 17.5 Å². The Hall–Kier alpha value is -3.53. The van der Waals surface area contributed by atoms with Crippen LogP contribution < -0.4 is 0 Å². The number of imidazole rings is 1. The summed E-state index contributed by atoms with van der Waals surface area (Å²) in [5.41, 5.74) is 0.466. The van der Waals surface area contributed by atoms with E-state index in [9.17, 15) is 14.3 Å². The molecule has 2 N–H and O–H groups in total. The molecule has 0 bridgehead atoms. The fourth-order valence-corrected chi connectivity index (χ4v) is 3.59. The zero-order valence-electron chi connectivity index (χ0n) is 16.2. The Balaban J connectivity index is 1.59. The minimum absolute atomic E-state index is 0.0293. The fraction of sp³-hybridized carbons (Fsp3) is 0.300. The fourth-order valence-electron chi connectivity index (χ4n) is 3.59. The Morgan fingerprint density at radius 2 is 2.17 bits per heavy atom. The van der Waals surface area contributed by atoms with Crippen LogP contribution in [0.2, 0.25) is 0 Å². The number of amides is 1. The number of aromatic amines is 1. The summed E-state index contributed by atoms with van der Waals surface area (Å²) in [4.78, 5) is 30.5. The molecule has 0 unspecified atom stereocenters. The summed E-state index contributed by atoms with van der Waals surface area (Å²) in [5, 5.41) is 10.1. The summed E-state index contributed by atoms with van der Waals surface area (Å²) in [6, 6.07) is 3.67. The number of rotatable bonds is 3. The van der Waals surface area contributed by atoms with Gasteiger partial charge in [-0.3, -0.25) is 4.79 Å². The number of aliphatic hydroxyl groups is 1. The number of nitrogens with one attached hydrogen (secondary N) is 1. The quantitative estimate of drug-likeness (QED) is 0.532. The minimum Gasteiger partial charge on any atom is -0.438 e. The van der Waals surface area contributed by atoms with Gasteiger partial charge in [0, 0.05) is 18.7 Å². The van der Waals surface area contributed by atoms with Crippen molar-refractivity contribution in [2.45, 2.75) is 31.9 Å². The molecule has 0 spiro atoms. The number of para-hydroxylation sites is 1. The van der Waals surface area contributed by atoms with Gasteiger partial charge >= 0.3 is 0 Å². The van der Waals surface area contributed by atoms with E-state index >= 15 is 0 Å². The smallest absolute Gasteiger partial charge is 0.292 e. The highest BCUT2D eigenvalue weighted by Gasteiger charge is 2.39. The molecule has 154 valence electrons. The first-order valence-electron chi connectivity index (χ1n) is 9.39. The zero-order valence-corrected chi connectivity index (χ0v) is 16.2. The number of fused-ring (bicyclic) bond motifs is 2. The van der Waals surface area contributed by atoms with E-state index in [2.05, 4.69) is 19.9 Å². The second kappa shape index (κ2) is 6.49. The molecule has 1 atom stereocenters. The Kier molecular flexibility index (Phi) is 4.00. The van der Waals surface area contributed by atoms with Gasteiger partial charge < -0.3 is 23.8 Å². The van der Waals surface area contributed by atoms with Crippen molar-refractivity contribution in [1.29, 1.82) is 0 Å². The Labute approximate surface area is 169 Å². The van der Waals surface area contributed by atoms with E-state index in [1.54, 1.807) is 6.07 Å². The maximum absolute atomic E-state index is 14.2. The Morgan fingerprint density at radius 1 is 1.33 bits per heavy atom. The SMILES string of the molecule is CC(C)(O)c1ncc(C(=O)N2CCc3[nH]cnc3[C@H]2c2nc3c(F)cccc3o2)o1. The third-order valence-electron chi connectivity index (χ3n) is 5.05. The predicted octanol–water partition coefficient (Wildman–Crippen LogP) is 2.69. The zero-order chi connectivity index (χ0) is 21.0. The average Bonchev–Trinajstić information content (AvgIpc) is 3.44. The second-order valence-electron chi connectivity index (χ2n) is 7.64. The largest absolute Gasteiger partial charge is 0.438 e. The van der Waals surface area contributed by atoms with Crippen LogP contribution >= 0.6 is 0 Å². The maximum atomic E-state index is 14.2. The first-order valence-corrected chi connectivity index (χ1v) is 9.39. The van der Waals surface area contributed by atoms with Gasteiger partial charge in [-0.05, 0) is 26.0 Å².